The summed E-state index contributed by atoms with van der Waals surface area (Å²) in [4.78, 5) is 40.5. The first kappa shape index (κ1) is 27.7. The first-order chi connectivity index (χ1) is 19.8. The van der Waals surface area contributed by atoms with Crippen LogP contribution in [0.2, 0.25) is 0 Å². The van der Waals surface area contributed by atoms with Gasteiger partial charge in [-0.25, -0.2) is 14.4 Å². The van der Waals surface area contributed by atoms with Crippen molar-refractivity contribution in [1.82, 2.24) is 15.6 Å². The normalized spacial score (nSPS) is 16.7. The van der Waals surface area contributed by atoms with Crippen LogP contribution in [0.4, 0.5) is 21.1 Å². The predicted octanol–water partition coefficient (Wildman–Crippen LogP) is 3.62. The van der Waals surface area contributed by atoms with Crippen molar-refractivity contribution in [3.63, 3.8) is 0 Å². The van der Waals surface area contributed by atoms with E-state index in [1.165, 1.54) is 4.90 Å². The minimum atomic E-state index is -1.08. The number of aromatic nitrogens is 1. The molecule has 2 aliphatic heterocycles. The number of pyridine rings is 1. The molecule has 1 aromatic heterocycles. The van der Waals surface area contributed by atoms with Gasteiger partial charge in [0.05, 0.1) is 18.8 Å². The molecule has 0 unspecified atom stereocenters. The number of rotatable bonds is 11. The number of nitrogens with zero attached hydrogens (tertiary/aromatic N) is 2. The summed E-state index contributed by atoms with van der Waals surface area (Å²) < 4.78 is 16.5. The summed E-state index contributed by atoms with van der Waals surface area (Å²) in [5.41, 5.74) is 3.72. The summed E-state index contributed by atoms with van der Waals surface area (Å²) in [6.45, 7) is 3.71. The third-order valence-corrected chi connectivity index (χ3v) is 6.57. The Balaban J connectivity index is 1.11. The Hall–Kier alpha value is -4.84. The highest BCUT2D eigenvalue weighted by atomic mass is 16.6. The second kappa shape index (κ2) is 12.6. The zero-order valence-electron chi connectivity index (χ0n) is 22.5. The van der Waals surface area contributed by atoms with Crippen molar-refractivity contribution < 1.29 is 33.7 Å². The molecule has 1 fully saturated rings. The quantitative estimate of drug-likeness (QED) is 0.202. The smallest absolute Gasteiger partial charge is 0.415 e. The van der Waals surface area contributed by atoms with Crippen LogP contribution in [-0.4, -0.2) is 66.6 Å². The Bertz CT molecular complexity index is 1430. The topological polar surface area (TPSA) is 151 Å². The lowest BCUT2D eigenvalue weighted by Crippen LogP contribution is -2.32. The van der Waals surface area contributed by atoms with Gasteiger partial charge >= 0.3 is 18.2 Å². The molecule has 0 saturated carbocycles. The summed E-state index contributed by atoms with van der Waals surface area (Å²) in [7, 11) is 0. The van der Waals surface area contributed by atoms with Crippen LogP contribution >= 0.6 is 0 Å². The second-order valence-corrected chi connectivity index (χ2v) is 9.77. The van der Waals surface area contributed by atoms with Crippen molar-refractivity contribution in [3.05, 3.63) is 66.2 Å². The molecule has 2 aromatic carbocycles. The van der Waals surface area contributed by atoms with E-state index in [1.807, 2.05) is 42.5 Å². The van der Waals surface area contributed by atoms with Crippen LogP contribution in [0.25, 0.3) is 11.1 Å². The lowest BCUT2D eigenvalue weighted by atomic mass is 10.0. The summed E-state index contributed by atoms with van der Waals surface area (Å²) in [6, 6.07) is 19.3. The fourth-order valence-corrected chi connectivity index (χ4v) is 4.57. The number of hydrogen-bond donors (Lipinski definition) is 4. The van der Waals surface area contributed by atoms with Gasteiger partial charge in [-0.05, 0) is 66.9 Å². The second-order valence-electron chi connectivity index (χ2n) is 9.77. The first-order valence-corrected chi connectivity index (χ1v) is 13.3. The van der Waals surface area contributed by atoms with Gasteiger partial charge in [0, 0.05) is 6.54 Å². The van der Waals surface area contributed by atoms with E-state index >= 15 is 0 Å². The van der Waals surface area contributed by atoms with E-state index in [4.69, 9.17) is 19.3 Å². The maximum absolute atomic E-state index is 12.5. The zero-order chi connectivity index (χ0) is 28.8. The van der Waals surface area contributed by atoms with Crippen molar-refractivity contribution in [2.24, 2.45) is 0 Å². The molecule has 0 bridgehead atoms. The van der Waals surface area contributed by atoms with Crippen molar-refractivity contribution in [2.75, 3.05) is 36.4 Å². The number of carbonyl (C=O) groups excluding carboxylic acids is 2. The van der Waals surface area contributed by atoms with Crippen LogP contribution in [0.15, 0.2) is 60.7 Å². The molecule has 41 heavy (non-hydrogen) atoms. The number of esters is 1. The predicted molar refractivity (Wildman–Crippen MR) is 150 cm³/mol. The van der Waals surface area contributed by atoms with E-state index in [1.54, 1.807) is 19.1 Å². The van der Waals surface area contributed by atoms with Gasteiger partial charge < -0.3 is 35.3 Å². The highest BCUT2D eigenvalue weighted by Gasteiger charge is 2.33. The summed E-state index contributed by atoms with van der Waals surface area (Å²) in [6.07, 6.45) is -1.55. The van der Waals surface area contributed by atoms with Crippen LogP contribution in [0, 0.1) is 0 Å². The van der Waals surface area contributed by atoms with Crippen molar-refractivity contribution >= 4 is 29.7 Å². The Kier molecular flexibility index (Phi) is 8.49. The van der Waals surface area contributed by atoms with Crippen LogP contribution < -0.4 is 30.3 Å². The van der Waals surface area contributed by atoms with Gasteiger partial charge in [0.15, 0.2) is 0 Å². The number of ether oxygens (including phenoxy) is 3. The van der Waals surface area contributed by atoms with Gasteiger partial charge in [-0.3, -0.25) is 4.90 Å². The molecule has 12 heteroatoms. The van der Waals surface area contributed by atoms with Crippen LogP contribution in [0.3, 0.4) is 0 Å². The van der Waals surface area contributed by atoms with E-state index in [2.05, 4.69) is 27.0 Å². The average molecular weight is 562 g/mol. The molecule has 0 radical (unpaired) electrons. The molecular formula is C29H31N5O7. The molecule has 3 heterocycles. The van der Waals surface area contributed by atoms with Crippen LogP contribution in [0.5, 0.6) is 11.6 Å². The SMILES string of the molecule is C[C@H](CNC(=O)O)Oc1cccc(-c2cccc(CNCC[C@H]3CN(c4ccc5c(n4)OC(=O)CN5)C(=O)O3)c2)c1. The third kappa shape index (κ3) is 7.22. The molecule has 2 amide bonds. The number of fused-ring (bicyclic) bond motifs is 1. The highest BCUT2D eigenvalue weighted by Crippen LogP contribution is 2.30. The largest absolute Gasteiger partial charge is 0.489 e. The van der Waals surface area contributed by atoms with E-state index in [-0.39, 0.29) is 31.2 Å². The van der Waals surface area contributed by atoms with Gasteiger partial charge in [0.2, 0.25) is 5.88 Å². The Morgan fingerprint density at radius 1 is 1.17 bits per heavy atom. The number of carbonyl (C=O) groups is 3. The molecule has 0 spiro atoms. The number of carboxylic acid groups (broad SMARTS) is 1. The van der Waals surface area contributed by atoms with E-state index < -0.39 is 18.2 Å². The molecule has 0 aliphatic carbocycles. The van der Waals surface area contributed by atoms with Crippen molar-refractivity contribution in [1.29, 1.82) is 0 Å². The average Bonchev–Trinajstić information content (AvgIpc) is 3.34. The van der Waals surface area contributed by atoms with Gasteiger partial charge in [-0.15, -0.1) is 0 Å². The van der Waals surface area contributed by atoms with Gasteiger partial charge in [0.25, 0.3) is 0 Å². The first-order valence-electron chi connectivity index (χ1n) is 13.3. The summed E-state index contributed by atoms with van der Waals surface area (Å²) in [5, 5.41) is 17.4. The fourth-order valence-electron chi connectivity index (χ4n) is 4.57. The number of hydrogen-bond acceptors (Lipinski definition) is 9. The number of amides is 2. The van der Waals surface area contributed by atoms with Gasteiger partial charge in [-0.2, -0.15) is 4.98 Å². The number of cyclic esters (lactones) is 1. The minimum Gasteiger partial charge on any atom is -0.489 e. The molecule has 1 saturated heterocycles. The standard InChI is InChI=1S/C29H31N5O7/c1-18(14-32-28(36)37)39-22-7-3-6-21(13-22)20-5-2-4-19(12-20)15-30-11-10-23-17-34(29(38)40-23)25-9-8-24-27(33-25)41-26(35)16-31-24/h2-9,12-13,18,23,30-32H,10-11,14-17H2,1H3,(H,36,37)/t18-,23+/m1/s1. The molecule has 4 N–H and O–H groups in total. The van der Waals surface area contributed by atoms with E-state index in [0.717, 1.165) is 16.7 Å². The Labute approximate surface area is 236 Å². The molecule has 12 nitrogen and oxygen atoms in total. The molecule has 214 valence electrons. The maximum atomic E-state index is 12.5. The Morgan fingerprint density at radius 2 is 1.98 bits per heavy atom. The minimum absolute atomic E-state index is 0.0797. The number of nitrogens with one attached hydrogen (secondary N) is 3. The monoisotopic (exact) mass is 561 g/mol. The Morgan fingerprint density at radius 3 is 2.80 bits per heavy atom. The fraction of sp³-hybridized carbons (Fsp3) is 0.310. The maximum Gasteiger partial charge on any atom is 0.415 e. The van der Waals surface area contributed by atoms with Crippen LogP contribution in [0.1, 0.15) is 18.9 Å². The molecule has 5 rings (SSSR count). The lowest BCUT2D eigenvalue weighted by molar-refractivity contribution is -0.133. The molecule has 3 aromatic rings. The van der Waals surface area contributed by atoms with Crippen molar-refractivity contribution in [3.8, 4) is 22.8 Å². The van der Waals surface area contributed by atoms with E-state index in [9.17, 15) is 14.4 Å². The molecule has 2 aliphatic rings. The summed E-state index contributed by atoms with van der Waals surface area (Å²) >= 11 is 0. The van der Waals surface area contributed by atoms with E-state index in [0.29, 0.717) is 43.3 Å². The number of anilines is 2. The lowest BCUT2D eigenvalue weighted by Gasteiger charge is -2.19. The highest BCUT2D eigenvalue weighted by molar-refractivity contribution is 5.89. The van der Waals surface area contributed by atoms with Gasteiger partial charge in [-0.1, -0.05) is 30.3 Å². The summed E-state index contributed by atoms with van der Waals surface area (Å²) in [5.74, 6) is 0.758. The van der Waals surface area contributed by atoms with Crippen molar-refractivity contribution in [2.45, 2.75) is 32.1 Å². The number of benzene rings is 2. The van der Waals surface area contributed by atoms with Gasteiger partial charge in [0.1, 0.15) is 30.3 Å². The zero-order valence-corrected chi connectivity index (χ0v) is 22.5. The third-order valence-electron chi connectivity index (χ3n) is 6.57. The molecular weight excluding hydrogens is 530 g/mol. The molecule has 2 atom stereocenters. The van der Waals surface area contributed by atoms with Crippen LogP contribution in [-0.2, 0) is 16.1 Å².